The molecule has 1 aromatic heterocycles. The van der Waals surface area contributed by atoms with E-state index in [0.29, 0.717) is 18.7 Å². The zero-order valence-electron chi connectivity index (χ0n) is 12.5. The molecule has 2 heterocycles. The molecule has 1 unspecified atom stereocenters. The van der Waals surface area contributed by atoms with Crippen molar-refractivity contribution >= 4 is 15.9 Å². The quantitative estimate of drug-likeness (QED) is 0.875. The van der Waals surface area contributed by atoms with Gasteiger partial charge in [-0.2, -0.15) is 5.10 Å². The van der Waals surface area contributed by atoms with Gasteiger partial charge in [-0.25, -0.2) is 13.6 Å². The fourth-order valence-electron chi connectivity index (χ4n) is 2.88. The van der Waals surface area contributed by atoms with Gasteiger partial charge in [0.05, 0.1) is 4.90 Å². The number of primary sulfonamides is 1. The summed E-state index contributed by atoms with van der Waals surface area (Å²) in [6.07, 6.45) is 3.64. The lowest BCUT2D eigenvalue weighted by Gasteiger charge is -2.32. The van der Waals surface area contributed by atoms with E-state index in [1.54, 1.807) is 11.1 Å². The largest absolute Gasteiger partial charge is 0.338 e. The van der Waals surface area contributed by atoms with Gasteiger partial charge in [0.2, 0.25) is 10.0 Å². The smallest absolute Gasteiger partial charge is 0.253 e. The first kappa shape index (κ1) is 15.7. The van der Waals surface area contributed by atoms with Crippen molar-refractivity contribution in [1.82, 2.24) is 15.1 Å². The van der Waals surface area contributed by atoms with E-state index < -0.39 is 10.0 Å². The normalized spacial score (nSPS) is 18.8. The maximum atomic E-state index is 12.6. The number of carbonyl (C=O) groups is 1. The van der Waals surface area contributed by atoms with Gasteiger partial charge < -0.3 is 4.90 Å². The minimum absolute atomic E-state index is 0.00281. The highest BCUT2D eigenvalue weighted by Gasteiger charge is 2.26. The highest BCUT2D eigenvalue weighted by molar-refractivity contribution is 7.89. The van der Waals surface area contributed by atoms with E-state index in [9.17, 15) is 13.2 Å². The minimum Gasteiger partial charge on any atom is -0.338 e. The number of aromatic amines is 1. The lowest BCUT2D eigenvalue weighted by atomic mass is 9.94. The molecule has 1 aromatic carbocycles. The second-order valence-corrected chi connectivity index (χ2v) is 7.23. The highest BCUT2D eigenvalue weighted by atomic mass is 32.2. The molecule has 1 fully saturated rings. The second kappa shape index (κ2) is 6.13. The molecule has 1 amide bonds. The Morgan fingerprint density at radius 2 is 2.00 bits per heavy atom. The molecule has 1 atom stereocenters. The zero-order valence-corrected chi connectivity index (χ0v) is 13.3. The summed E-state index contributed by atoms with van der Waals surface area (Å²) in [4.78, 5) is 14.4. The van der Waals surface area contributed by atoms with Crippen molar-refractivity contribution in [3.63, 3.8) is 0 Å². The van der Waals surface area contributed by atoms with Gasteiger partial charge in [0.15, 0.2) is 0 Å². The van der Waals surface area contributed by atoms with Crippen LogP contribution in [0.4, 0.5) is 0 Å². The average Bonchev–Trinajstić information content (AvgIpc) is 3.08. The van der Waals surface area contributed by atoms with Crippen molar-refractivity contribution < 1.29 is 13.2 Å². The standard InChI is InChI=1S/C15H18N4O3S/c16-23(21,22)13-5-3-11(4-6-13)15(20)19-9-1-2-12(10-19)14-7-8-17-18-14/h3-8,12H,1-2,9-10H2,(H,17,18)(H2,16,21,22). The summed E-state index contributed by atoms with van der Waals surface area (Å²) in [6, 6.07) is 7.65. The van der Waals surface area contributed by atoms with Gasteiger partial charge >= 0.3 is 0 Å². The summed E-state index contributed by atoms with van der Waals surface area (Å²) >= 11 is 0. The van der Waals surface area contributed by atoms with Gasteiger partial charge in [0, 0.05) is 36.5 Å². The van der Waals surface area contributed by atoms with E-state index in [1.165, 1.54) is 24.3 Å². The first-order chi connectivity index (χ1) is 10.9. The third kappa shape index (κ3) is 3.43. The number of sulfonamides is 1. The fraction of sp³-hybridized carbons (Fsp3) is 0.333. The summed E-state index contributed by atoms with van der Waals surface area (Å²) in [5, 5.41) is 12.0. The Morgan fingerprint density at radius 3 is 2.61 bits per heavy atom. The van der Waals surface area contributed by atoms with E-state index in [0.717, 1.165) is 18.5 Å². The van der Waals surface area contributed by atoms with Crippen LogP contribution in [0, 0.1) is 0 Å². The van der Waals surface area contributed by atoms with Crippen LogP contribution in [0.3, 0.4) is 0 Å². The third-order valence-corrected chi connectivity index (χ3v) is 5.03. The lowest BCUT2D eigenvalue weighted by molar-refractivity contribution is 0.0705. The molecule has 8 heteroatoms. The Hall–Kier alpha value is -2.19. The predicted molar refractivity (Wildman–Crippen MR) is 84.3 cm³/mol. The van der Waals surface area contributed by atoms with Crippen LogP contribution in [0.2, 0.25) is 0 Å². The molecule has 3 rings (SSSR count). The first-order valence-corrected chi connectivity index (χ1v) is 8.91. The van der Waals surface area contributed by atoms with E-state index in [2.05, 4.69) is 10.2 Å². The van der Waals surface area contributed by atoms with Crippen molar-refractivity contribution in [2.75, 3.05) is 13.1 Å². The number of nitrogens with one attached hydrogen (secondary N) is 1. The molecule has 23 heavy (non-hydrogen) atoms. The highest BCUT2D eigenvalue weighted by Crippen LogP contribution is 2.26. The second-order valence-electron chi connectivity index (χ2n) is 5.67. The third-order valence-electron chi connectivity index (χ3n) is 4.10. The average molecular weight is 334 g/mol. The molecule has 0 aliphatic carbocycles. The molecule has 0 spiro atoms. The van der Waals surface area contributed by atoms with Crippen LogP contribution in [-0.2, 0) is 10.0 Å². The number of rotatable bonds is 3. The zero-order chi connectivity index (χ0) is 16.4. The maximum Gasteiger partial charge on any atom is 0.253 e. The number of aromatic nitrogens is 2. The van der Waals surface area contributed by atoms with Crippen molar-refractivity contribution in [3.8, 4) is 0 Å². The lowest BCUT2D eigenvalue weighted by Crippen LogP contribution is -2.39. The molecule has 0 saturated carbocycles. The van der Waals surface area contributed by atoms with Crippen LogP contribution in [0.5, 0.6) is 0 Å². The Morgan fingerprint density at radius 1 is 1.26 bits per heavy atom. The van der Waals surface area contributed by atoms with Gasteiger partial charge in [0.1, 0.15) is 0 Å². The number of hydrogen-bond acceptors (Lipinski definition) is 4. The molecule has 0 radical (unpaired) electrons. The van der Waals surface area contributed by atoms with Crippen molar-refractivity contribution in [2.24, 2.45) is 5.14 Å². The molecule has 1 aliphatic rings. The number of likely N-dealkylation sites (tertiary alicyclic amines) is 1. The van der Waals surface area contributed by atoms with E-state index in [1.807, 2.05) is 6.07 Å². The Kier molecular flexibility index (Phi) is 4.18. The van der Waals surface area contributed by atoms with Gasteiger partial charge in [-0.1, -0.05) is 0 Å². The van der Waals surface area contributed by atoms with Gasteiger partial charge in [0.25, 0.3) is 5.91 Å². The van der Waals surface area contributed by atoms with Crippen molar-refractivity contribution in [3.05, 3.63) is 47.8 Å². The van der Waals surface area contributed by atoms with E-state index in [-0.39, 0.29) is 16.7 Å². The number of benzene rings is 1. The summed E-state index contributed by atoms with van der Waals surface area (Å²) in [5.74, 6) is 0.147. The van der Waals surface area contributed by atoms with Gasteiger partial charge in [-0.3, -0.25) is 9.89 Å². The van der Waals surface area contributed by atoms with Crippen LogP contribution < -0.4 is 5.14 Å². The molecular formula is C15H18N4O3S. The summed E-state index contributed by atoms with van der Waals surface area (Å²) in [7, 11) is -3.74. The molecule has 7 nitrogen and oxygen atoms in total. The number of piperidine rings is 1. The monoisotopic (exact) mass is 334 g/mol. The van der Waals surface area contributed by atoms with Crippen LogP contribution >= 0.6 is 0 Å². The molecule has 122 valence electrons. The van der Waals surface area contributed by atoms with E-state index >= 15 is 0 Å². The number of amides is 1. The Labute approximate surface area is 134 Å². The Balaban J connectivity index is 1.75. The van der Waals surface area contributed by atoms with E-state index in [4.69, 9.17) is 5.14 Å². The number of nitrogens with two attached hydrogens (primary N) is 1. The minimum atomic E-state index is -3.74. The summed E-state index contributed by atoms with van der Waals surface area (Å²) in [5.41, 5.74) is 1.50. The summed E-state index contributed by atoms with van der Waals surface area (Å²) in [6.45, 7) is 1.32. The maximum absolute atomic E-state index is 12.6. The predicted octanol–water partition coefficient (Wildman–Crippen LogP) is 1.08. The van der Waals surface area contributed by atoms with Crippen molar-refractivity contribution in [2.45, 2.75) is 23.7 Å². The van der Waals surface area contributed by atoms with Crippen LogP contribution in [0.15, 0.2) is 41.4 Å². The van der Waals surface area contributed by atoms with Gasteiger partial charge in [-0.15, -0.1) is 0 Å². The van der Waals surface area contributed by atoms with Crippen LogP contribution in [0.1, 0.15) is 34.8 Å². The Bertz CT molecular complexity index is 785. The number of nitrogens with zero attached hydrogens (tertiary/aromatic N) is 2. The fourth-order valence-corrected chi connectivity index (χ4v) is 3.39. The molecular weight excluding hydrogens is 316 g/mol. The van der Waals surface area contributed by atoms with Gasteiger partial charge in [-0.05, 0) is 43.2 Å². The molecule has 2 aromatic rings. The SMILES string of the molecule is NS(=O)(=O)c1ccc(C(=O)N2CCCC(c3ccn[nH]3)C2)cc1. The number of H-pyrrole nitrogens is 1. The molecule has 3 N–H and O–H groups in total. The molecule has 1 saturated heterocycles. The molecule has 0 bridgehead atoms. The number of hydrogen-bond donors (Lipinski definition) is 2. The van der Waals surface area contributed by atoms with Crippen LogP contribution in [-0.4, -0.2) is 42.5 Å². The topological polar surface area (TPSA) is 109 Å². The summed E-state index contributed by atoms with van der Waals surface area (Å²) < 4.78 is 22.5. The number of carbonyl (C=O) groups excluding carboxylic acids is 1. The van der Waals surface area contributed by atoms with Crippen LogP contribution in [0.25, 0.3) is 0 Å². The first-order valence-electron chi connectivity index (χ1n) is 7.36. The molecule has 1 aliphatic heterocycles. The van der Waals surface area contributed by atoms with Crippen molar-refractivity contribution in [1.29, 1.82) is 0 Å².